The second kappa shape index (κ2) is 12.1. The van der Waals surface area contributed by atoms with Crippen LogP contribution in [0.5, 0.6) is 5.75 Å². The summed E-state index contributed by atoms with van der Waals surface area (Å²) in [6, 6.07) is 10.4. The molecule has 2 rings (SSSR count). The number of rotatable bonds is 8. The third-order valence-corrected chi connectivity index (χ3v) is 4.71. The lowest BCUT2D eigenvalue weighted by molar-refractivity contribution is 0.414. The van der Waals surface area contributed by atoms with Crippen LogP contribution in [0.25, 0.3) is 0 Å². The minimum absolute atomic E-state index is 0. The predicted octanol–water partition coefficient (Wildman–Crippen LogP) is 4.28. The summed E-state index contributed by atoms with van der Waals surface area (Å²) in [6.45, 7) is 4.01. The van der Waals surface area contributed by atoms with Crippen molar-refractivity contribution in [2.24, 2.45) is 4.99 Å². The van der Waals surface area contributed by atoms with Gasteiger partial charge in [-0.1, -0.05) is 19.1 Å². The number of thiophene rings is 1. The lowest BCUT2D eigenvalue weighted by atomic mass is 10.1. The second-order valence-corrected chi connectivity index (χ2v) is 6.57. The summed E-state index contributed by atoms with van der Waals surface area (Å²) in [7, 11) is 3.50. The molecule has 0 fully saturated rings. The topological polar surface area (TPSA) is 45.7 Å². The van der Waals surface area contributed by atoms with Gasteiger partial charge >= 0.3 is 0 Å². The van der Waals surface area contributed by atoms with Gasteiger partial charge in [-0.15, -0.1) is 24.0 Å². The molecule has 25 heavy (non-hydrogen) atoms. The Bertz CT molecular complexity index is 614. The first-order valence-corrected chi connectivity index (χ1v) is 9.26. The third-order valence-electron chi connectivity index (χ3n) is 4.01. The number of nitrogens with zero attached hydrogens (tertiary/aromatic N) is 1. The first-order chi connectivity index (χ1) is 11.7. The van der Waals surface area contributed by atoms with Crippen LogP contribution in [0.15, 0.2) is 46.1 Å². The SMILES string of the molecule is CN=C(NCCCc1ccc(OC)cc1)NCC(C)c1ccsc1.I. The summed E-state index contributed by atoms with van der Waals surface area (Å²) in [4.78, 5) is 4.29. The summed E-state index contributed by atoms with van der Waals surface area (Å²) < 4.78 is 5.18. The Kier molecular flexibility index (Phi) is 10.6. The van der Waals surface area contributed by atoms with Gasteiger partial charge in [0.25, 0.3) is 0 Å². The number of aliphatic imine (C=N–C) groups is 1. The number of aryl methyl sites for hydroxylation is 1. The Labute approximate surface area is 172 Å². The number of hydrogen-bond donors (Lipinski definition) is 2. The van der Waals surface area contributed by atoms with E-state index in [1.165, 1.54) is 11.1 Å². The molecule has 4 nitrogen and oxygen atoms in total. The van der Waals surface area contributed by atoms with Crippen molar-refractivity contribution >= 4 is 41.3 Å². The van der Waals surface area contributed by atoms with Gasteiger partial charge in [0, 0.05) is 20.1 Å². The Morgan fingerprint density at radius 2 is 1.96 bits per heavy atom. The molecule has 0 aliphatic rings. The molecule has 1 aromatic heterocycles. The zero-order valence-electron chi connectivity index (χ0n) is 15.1. The van der Waals surface area contributed by atoms with E-state index in [2.05, 4.69) is 51.5 Å². The highest BCUT2D eigenvalue weighted by Crippen LogP contribution is 2.17. The van der Waals surface area contributed by atoms with Gasteiger partial charge in [-0.3, -0.25) is 4.99 Å². The quantitative estimate of drug-likeness (QED) is 0.261. The largest absolute Gasteiger partial charge is 0.497 e. The standard InChI is InChI=1S/C19H27N3OS.HI/c1-15(17-10-12-24-14-17)13-22-19(20-2)21-11-4-5-16-6-8-18(23-3)9-7-16;/h6-10,12,14-15H,4-5,11,13H2,1-3H3,(H2,20,21,22);1H. The Hall–Kier alpha value is -1.28. The van der Waals surface area contributed by atoms with Gasteiger partial charge in [0.05, 0.1) is 7.11 Å². The molecule has 1 atom stereocenters. The highest BCUT2D eigenvalue weighted by atomic mass is 127. The highest BCUT2D eigenvalue weighted by molar-refractivity contribution is 14.0. The van der Waals surface area contributed by atoms with E-state index in [0.717, 1.165) is 37.6 Å². The van der Waals surface area contributed by atoms with Crippen LogP contribution in [0, 0.1) is 0 Å². The fourth-order valence-corrected chi connectivity index (χ4v) is 3.22. The van der Waals surface area contributed by atoms with Crippen LogP contribution in [0.2, 0.25) is 0 Å². The molecule has 2 N–H and O–H groups in total. The predicted molar refractivity (Wildman–Crippen MR) is 119 cm³/mol. The van der Waals surface area contributed by atoms with E-state index in [-0.39, 0.29) is 24.0 Å². The summed E-state index contributed by atoms with van der Waals surface area (Å²) in [5.74, 6) is 2.25. The van der Waals surface area contributed by atoms with Gasteiger partial charge in [-0.25, -0.2) is 0 Å². The summed E-state index contributed by atoms with van der Waals surface area (Å²) >= 11 is 1.74. The fraction of sp³-hybridized carbons (Fsp3) is 0.421. The zero-order chi connectivity index (χ0) is 17.2. The Balaban J connectivity index is 0.00000312. The lowest BCUT2D eigenvalue weighted by Gasteiger charge is -2.15. The molecule has 138 valence electrons. The van der Waals surface area contributed by atoms with E-state index >= 15 is 0 Å². The number of halogens is 1. The van der Waals surface area contributed by atoms with E-state index < -0.39 is 0 Å². The molecule has 1 aromatic carbocycles. The summed E-state index contributed by atoms with van der Waals surface area (Å²) in [5, 5.41) is 11.1. The lowest BCUT2D eigenvalue weighted by Crippen LogP contribution is -2.39. The molecular weight excluding hydrogens is 445 g/mol. The van der Waals surface area contributed by atoms with E-state index in [4.69, 9.17) is 4.74 Å². The molecule has 0 amide bonds. The van der Waals surface area contributed by atoms with E-state index in [9.17, 15) is 0 Å². The fourth-order valence-electron chi connectivity index (χ4n) is 2.44. The summed E-state index contributed by atoms with van der Waals surface area (Å²) in [6.07, 6.45) is 2.10. The van der Waals surface area contributed by atoms with Crippen LogP contribution >= 0.6 is 35.3 Å². The Morgan fingerprint density at radius 3 is 2.56 bits per heavy atom. The van der Waals surface area contributed by atoms with Crippen LogP contribution < -0.4 is 15.4 Å². The van der Waals surface area contributed by atoms with Crippen LogP contribution in [0.3, 0.4) is 0 Å². The number of guanidine groups is 1. The smallest absolute Gasteiger partial charge is 0.190 e. The van der Waals surface area contributed by atoms with Crippen molar-refractivity contribution in [3.8, 4) is 5.75 Å². The van der Waals surface area contributed by atoms with Crippen LogP contribution in [0.1, 0.15) is 30.4 Å². The maximum absolute atomic E-state index is 5.18. The van der Waals surface area contributed by atoms with Crippen molar-refractivity contribution in [2.75, 3.05) is 27.2 Å². The number of ether oxygens (including phenoxy) is 1. The van der Waals surface area contributed by atoms with E-state index in [0.29, 0.717) is 5.92 Å². The minimum Gasteiger partial charge on any atom is -0.497 e. The van der Waals surface area contributed by atoms with Crippen molar-refractivity contribution in [3.63, 3.8) is 0 Å². The highest BCUT2D eigenvalue weighted by Gasteiger charge is 2.06. The van der Waals surface area contributed by atoms with Gasteiger partial charge in [-0.05, 0) is 58.8 Å². The third kappa shape index (κ3) is 7.64. The number of methoxy groups -OCH3 is 1. The normalized spacial score (nSPS) is 12.2. The molecule has 0 saturated carbocycles. The molecule has 0 radical (unpaired) electrons. The number of nitrogens with one attached hydrogen (secondary N) is 2. The van der Waals surface area contributed by atoms with Crippen LogP contribution in [-0.2, 0) is 6.42 Å². The van der Waals surface area contributed by atoms with Gasteiger partial charge in [-0.2, -0.15) is 11.3 Å². The van der Waals surface area contributed by atoms with Crippen molar-refractivity contribution in [2.45, 2.75) is 25.7 Å². The number of hydrogen-bond acceptors (Lipinski definition) is 3. The molecular formula is C19H28IN3OS. The van der Waals surface area contributed by atoms with Crippen molar-refractivity contribution < 1.29 is 4.74 Å². The summed E-state index contributed by atoms with van der Waals surface area (Å²) in [5.41, 5.74) is 2.70. The molecule has 0 bridgehead atoms. The first kappa shape index (κ1) is 21.8. The van der Waals surface area contributed by atoms with Gasteiger partial charge in [0.1, 0.15) is 5.75 Å². The molecule has 1 heterocycles. The average Bonchev–Trinajstić information content (AvgIpc) is 3.16. The monoisotopic (exact) mass is 473 g/mol. The van der Waals surface area contributed by atoms with Gasteiger partial charge in [0.15, 0.2) is 5.96 Å². The van der Waals surface area contributed by atoms with Crippen LogP contribution in [0.4, 0.5) is 0 Å². The van der Waals surface area contributed by atoms with Gasteiger partial charge in [0.2, 0.25) is 0 Å². The first-order valence-electron chi connectivity index (χ1n) is 8.32. The van der Waals surface area contributed by atoms with Crippen LogP contribution in [-0.4, -0.2) is 33.2 Å². The number of benzene rings is 1. The van der Waals surface area contributed by atoms with Crippen molar-refractivity contribution in [3.05, 3.63) is 52.2 Å². The molecule has 1 unspecified atom stereocenters. The molecule has 2 aromatic rings. The second-order valence-electron chi connectivity index (χ2n) is 5.79. The zero-order valence-corrected chi connectivity index (χ0v) is 18.3. The van der Waals surface area contributed by atoms with E-state index in [1.54, 1.807) is 18.4 Å². The Morgan fingerprint density at radius 1 is 1.20 bits per heavy atom. The molecule has 6 heteroatoms. The maximum atomic E-state index is 5.18. The minimum atomic E-state index is 0. The van der Waals surface area contributed by atoms with Crippen molar-refractivity contribution in [1.82, 2.24) is 10.6 Å². The van der Waals surface area contributed by atoms with Gasteiger partial charge < -0.3 is 15.4 Å². The maximum Gasteiger partial charge on any atom is 0.190 e. The molecule has 0 spiro atoms. The van der Waals surface area contributed by atoms with E-state index in [1.807, 2.05) is 19.2 Å². The molecule has 0 aliphatic heterocycles. The van der Waals surface area contributed by atoms with Crippen molar-refractivity contribution in [1.29, 1.82) is 0 Å². The molecule has 0 saturated heterocycles. The average molecular weight is 473 g/mol. The molecule has 0 aliphatic carbocycles.